The van der Waals surface area contributed by atoms with Gasteiger partial charge >= 0.3 is 0 Å². The zero-order chi connectivity index (χ0) is 11.1. The van der Waals surface area contributed by atoms with Crippen LogP contribution in [0.4, 0.5) is 0 Å². The molecule has 82 valence electrons. The van der Waals surface area contributed by atoms with E-state index in [1.165, 1.54) is 0 Å². The van der Waals surface area contributed by atoms with Crippen LogP contribution in [0.5, 0.6) is 11.5 Å². The number of benzene rings is 1. The molecule has 0 spiro atoms. The van der Waals surface area contributed by atoms with Crippen molar-refractivity contribution >= 4 is 5.84 Å². The molecule has 4 nitrogen and oxygen atoms in total. The molecule has 0 aliphatic heterocycles. The van der Waals surface area contributed by atoms with E-state index in [2.05, 4.69) is 0 Å². The molecule has 0 saturated heterocycles. The summed E-state index contributed by atoms with van der Waals surface area (Å²) in [5, 5.41) is 7.06. The van der Waals surface area contributed by atoms with E-state index in [1.54, 1.807) is 6.07 Å². The number of nitrogens with one attached hydrogen (secondary N) is 1. The highest BCUT2D eigenvalue weighted by atomic mass is 16.5. The molecule has 0 bridgehead atoms. The van der Waals surface area contributed by atoms with Crippen LogP contribution >= 0.6 is 0 Å². The quantitative estimate of drug-likeness (QED) is 0.553. The molecule has 0 unspecified atom stereocenters. The Kier molecular flexibility index (Phi) is 4.47. The topological polar surface area (TPSA) is 68.3 Å². The van der Waals surface area contributed by atoms with E-state index >= 15 is 0 Å². The van der Waals surface area contributed by atoms with Gasteiger partial charge in [-0.2, -0.15) is 0 Å². The van der Waals surface area contributed by atoms with Crippen LogP contribution < -0.4 is 15.2 Å². The summed E-state index contributed by atoms with van der Waals surface area (Å²) in [6.07, 6.45) is 0.945. The fourth-order valence-corrected chi connectivity index (χ4v) is 1.06. The molecule has 4 heteroatoms. The number of hydrogen-bond donors (Lipinski definition) is 2. The van der Waals surface area contributed by atoms with E-state index in [-0.39, 0.29) is 12.4 Å². The van der Waals surface area contributed by atoms with Gasteiger partial charge in [-0.3, -0.25) is 5.41 Å². The first-order chi connectivity index (χ1) is 7.24. The maximum absolute atomic E-state index is 7.06. The Morgan fingerprint density at radius 3 is 2.40 bits per heavy atom. The molecular weight excluding hydrogens is 192 g/mol. The van der Waals surface area contributed by atoms with E-state index in [0.717, 1.165) is 6.42 Å². The lowest BCUT2D eigenvalue weighted by molar-refractivity contribution is 0.287. The highest BCUT2D eigenvalue weighted by Crippen LogP contribution is 2.26. The average molecular weight is 208 g/mol. The van der Waals surface area contributed by atoms with Crippen molar-refractivity contribution in [3.8, 4) is 11.5 Å². The molecule has 0 aromatic heterocycles. The number of amidine groups is 1. The van der Waals surface area contributed by atoms with Crippen LogP contribution in [0.25, 0.3) is 0 Å². The Morgan fingerprint density at radius 2 is 1.87 bits per heavy atom. The summed E-state index contributed by atoms with van der Waals surface area (Å²) < 4.78 is 10.8. The SMILES string of the molecule is CCCOc1ccccc1OCC(=N)N. The fraction of sp³-hybridized carbons (Fsp3) is 0.364. The third-order valence-electron chi connectivity index (χ3n) is 1.69. The first-order valence-corrected chi connectivity index (χ1v) is 4.91. The van der Waals surface area contributed by atoms with Crippen molar-refractivity contribution in [1.82, 2.24) is 0 Å². The Hall–Kier alpha value is -1.71. The van der Waals surface area contributed by atoms with Gasteiger partial charge in [0.25, 0.3) is 0 Å². The van der Waals surface area contributed by atoms with Crippen LogP contribution in [0.2, 0.25) is 0 Å². The van der Waals surface area contributed by atoms with Crippen LogP contribution in [0.15, 0.2) is 24.3 Å². The standard InChI is InChI=1S/C11H16N2O2/c1-2-7-14-9-5-3-4-6-10(9)15-8-11(12)13/h3-6H,2,7-8H2,1H3,(H3,12,13). The van der Waals surface area contributed by atoms with Gasteiger partial charge < -0.3 is 15.2 Å². The molecule has 1 aromatic carbocycles. The van der Waals surface area contributed by atoms with Crippen molar-refractivity contribution in [2.75, 3.05) is 13.2 Å². The lowest BCUT2D eigenvalue weighted by atomic mass is 10.3. The second kappa shape index (κ2) is 5.90. The van der Waals surface area contributed by atoms with E-state index in [9.17, 15) is 0 Å². The van der Waals surface area contributed by atoms with Crippen LogP contribution in [-0.2, 0) is 0 Å². The summed E-state index contributed by atoms with van der Waals surface area (Å²) >= 11 is 0. The van der Waals surface area contributed by atoms with E-state index in [0.29, 0.717) is 18.1 Å². The Bertz CT molecular complexity index is 326. The van der Waals surface area contributed by atoms with Gasteiger partial charge in [0.05, 0.1) is 6.61 Å². The third-order valence-corrected chi connectivity index (χ3v) is 1.69. The minimum atomic E-state index is 0.000273. The number of nitrogens with two attached hydrogens (primary N) is 1. The molecule has 1 rings (SSSR count). The smallest absolute Gasteiger partial charge is 0.161 e. The van der Waals surface area contributed by atoms with Crippen LogP contribution in [-0.4, -0.2) is 19.0 Å². The molecule has 0 fully saturated rings. The fourth-order valence-electron chi connectivity index (χ4n) is 1.06. The maximum Gasteiger partial charge on any atom is 0.161 e. The summed E-state index contributed by atoms with van der Waals surface area (Å²) in [7, 11) is 0. The summed E-state index contributed by atoms with van der Waals surface area (Å²) in [6.45, 7) is 2.78. The van der Waals surface area contributed by atoms with E-state index < -0.39 is 0 Å². The number of para-hydroxylation sites is 2. The molecule has 0 atom stereocenters. The Labute approximate surface area is 89.5 Å². The van der Waals surface area contributed by atoms with Gasteiger partial charge in [-0.25, -0.2) is 0 Å². The lowest BCUT2D eigenvalue weighted by Gasteiger charge is -2.11. The second-order valence-electron chi connectivity index (χ2n) is 3.11. The van der Waals surface area contributed by atoms with Crippen molar-refractivity contribution in [2.24, 2.45) is 5.73 Å². The zero-order valence-electron chi connectivity index (χ0n) is 8.82. The summed E-state index contributed by atoms with van der Waals surface area (Å²) in [4.78, 5) is 0. The molecule has 0 radical (unpaired) electrons. The highest BCUT2D eigenvalue weighted by Gasteiger charge is 2.03. The second-order valence-corrected chi connectivity index (χ2v) is 3.11. The van der Waals surface area contributed by atoms with Gasteiger partial charge in [0.2, 0.25) is 0 Å². The first-order valence-electron chi connectivity index (χ1n) is 4.91. The number of ether oxygens (including phenoxy) is 2. The van der Waals surface area contributed by atoms with Gasteiger partial charge in [-0.1, -0.05) is 19.1 Å². The van der Waals surface area contributed by atoms with Crippen LogP contribution in [0.1, 0.15) is 13.3 Å². The molecule has 0 heterocycles. The van der Waals surface area contributed by atoms with Gasteiger partial charge in [0.1, 0.15) is 12.4 Å². The zero-order valence-corrected chi connectivity index (χ0v) is 8.82. The van der Waals surface area contributed by atoms with Gasteiger partial charge in [-0.15, -0.1) is 0 Å². The average Bonchev–Trinajstić information content (AvgIpc) is 2.24. The number of rotatable bonds is 6. The minimum absolute atomic E-state index is 0.000273. The highest BCUT2D eigenvalue weighted by molar-refractivity contribution is 5.78. The monoisotopic (exact) mass is 208 g/mol. The molecule has 0 amide bonds. The molecule has 1 aromatic rings. The van der Waals surface area contributed by atoms with Crippen LogP contribution in [0, 0.1) is 5.41 Å². The number of hydrogen-bond acceptors (Lipinski definition) is 3. The third kappa shape index (κ3) is 3.89. The lowest BCUT2D eigenvalue weighted by Crippen LogP contribution is -2.19. The molecule has 15 heavy (non-hydrogen) atoms. The van der Waals surface area contributed by atoms with Gasteiger partial charge in [-0.05, 0) is 18.6 Å². The van der Waals surface area contributed by atoms with Crippen molar-refractivity contribution in [1.29, 1.82) is 5.41 Å². The Morgan fingerprint density at radius 1 is 1.27 bits per heavy atom. The van der Waals surface area contributed by atoms with E-state index in [4.69, 9.17) is 20.6 Å². The molecule has 3 N–H and O–H groups in total. The first kappa shape index (κ1) is 11.4. The summed E-state index contributed by atoms with van der Waals surface area (Å²) in [5.41, 5.74) is 5.21. The predicted octanol–water partition coefficient (Wildman–Crippen LogP) is 1.79. The van der Waals surface area contributed by atoms with E-state index in [1.807, 2.05) is 25.1 Å². The predicted molar refractivity (Wildman–Crippen MR) is 59.6 cm³/mol. The van der Waals surface area contributed by atoms with Crippen molar-refractivity contribution in [3.05, 3.63) is 24.3 Å². The van der Waals surface area contributed by atoms with Crippen LogP contribution in [0.3, 0.4) is 0 Å². The van der Waals surface area contributed by atoms with Crippen molar-refractivity contribution < 1.29 is 9.47 Å². The molecule has 0 aliphatic rings. The van der Waals surface area contributed by atoms with Crippen molar-refractivity contribution in [3.63, 3.8) is 0 Å². The summed E-state index contributed by atoms with van der Waals surface area (Å²) in [6, 6.07) is 7.37. The summed E-state index contributed by atoms with van der Waals surface area (Å²) in [5.74, 6) is 1.32. The maximum atomic E-state index is 7.06. The molecular formula is C11H16N2O2. The van der Waals surface area contributed by atoms with Crippen molar-refractivity contribution in [2.45, 2.75) is 13.3 Å². The normalized spacial score (nSPS) is 9.67. The van der Waals surface area contributed by atoms with Gasteiger partial charge in [0.15, 0.2) is 11.5 Å². The minimum Gasteiger partial charge on any atom is -0.490 e. The largest absolute Gasteiger partial charge is 0.490 e. The van der Waals surface area contributed by atoms with Gasteiger partial charge in [0, 0.05) is 0 Å². The molecule has 0 aliphatic carbocycles. The Balaban J connectivity index is 2.63. The molecule has 0 saturated carbocycles.